The molecular weight excluding hydrogens is 418 g/mol. The summed E-state index contributed by atoms with van der Waals surface area (Å²) in [7, 11) is 2.10. The van der Waals surface area contributed by atoms with Crippen molar-refractivity contribution in [2.24, 2.45) is 5.10 Å². The number of nitrogens with one attached hydrogen (secondary N) is 1. The van der Waals surface area contributed by atoms with Gasteiger partial charge in [-0.1, -0.05) is 34.1 Å². The van der Waals surface area contributed by atoms with E-state index in [1.54, 1.807) is 18.3 Å². The molecule has 1 aliphatic rings. The summed E-state index contributed by atoms with van der Waals surface area (Å²) in [5.74, 6) is 0.309. The number of carbonyl (C=O) groups excluding carboxylic acids is 1. The van der Waals surface area contributed by atoms with Crippen LogP contribution in [-0.2, 0) is 4.79 Å². The molecule has 28 heavy (non-hydrogen) atoms. The zero-order chi connectivity index (χ0) is 20.3. The first-order valence-corrected chi connectivity index (χ1v) is 9.83. The fourth-order valence-electron chi connectivity index (χ4n) is 3.17. The first-order chi connectivity index (χ1) is 13.3. The number of amides is 1. The van der Waals surface area contributed by atoms with Crippen molar-refractivity contribution >= 4 is 39.3 Å². The van der Waals surface area contributed by atoms with Gasteiger partial charge in [-0.15, -0.1) is 0 Å². The first kappa shape index (κ1) is 20.1. The molecule has 0 aromatic heterocycles. The topological polar surface area (TPSA) is 53.9 Å². The summed E-state index contributed by atoms with van der Waals surface area (Å²) >= 11 is 3.37. The Labute approximate surface area is 174 Å². The van der Waals surface area contributed by atoms with E-state index in [9.17, 15) is 4.79 Å². The van der Waals surface area contributed by atoms with Gasteiger partial charge >= 0.3 is 0 Å². The third kappa shape index (κ3) is 4.62. The number of allylic oxidation sites excluding steroid dienone is 1. The molecule has 0 fully saturated rings. The molecule has 1 amide bonds. The van der Waals surface area contributed by atoms with Gasteiger partial charge in [0.2, 0.25) is 0 Å². The molecule has 5 nitrogen and oxygen atoms in total. The summed E-state index contributed by atoms with van der Waals surface area (Å²) in [5.41, 5.74) is 7.00. The maximum Gasteiger partial charge on any atom is 0.277 e. The Kier molecular flexibility index (Phi) is 5.89. The van der Waals surface area contributed by atoms with E-state index in [0.29, 0.717) is 5.75 Å². The lowest BCUT2D eigenvalue weighted by atomic mass is 9.89. The van der Waals surface area contributed by atoms with Crippen LogP contribution in [0, 0.1) is 0 Å². The van der Waals surface area contributed by atoms with Gasteiger partial charge in [0.25, 0.3) is 5.91 Å². The summed E-state index contributed by atoms with van der Waals surface area (Å²) < 4.78 is 6.34. The van der Waals surface area contributed by atoms with Crippen LogP contribution >= 0.6 is 15.9 Å². The van der Waals surface area contributed by atoms with Crippen molar-refractivity contribution in [1.82, 2.24) is 5.43 Å². The monoisotopic (exact) mass is 441 g/mol. The van der Waals surface area contributed by atoms with E-state index in [4.69, 9.17) is 4.74 Å². The lowest BCUT2D eigenvalue weighted by molar-refractivity contribution is -0.123. The first-order valence-electron chi connectivity index (χ1n) is 9.04. The minimum atomic E-state index is -0.313. The van der Waals surface area contributed by atoms with Crippen molar-refractivity contribution in [3.8, 4) is 5.75 Å². The van der Waals surface area contributed by atoms with Gasteiger partial charge in [-0.3, -0.25) is 4.79 Å². The molecule has 3 rings (SSSR count). The van der Waals surface area contributed by atoms with Crippen LogP contribution in [0.1, 0.15) is 31.9 Å². The Bertz CT molecular complexity index is 951. The van der Waals surface area contributed by atoms with E-state index in [0.717, 1.165) is 10.0 Å². The number of hydrogen-bond acceptors (Lipinski definition) is 4. The number of nitrogens with zero attached hydrogens (tertiary/aromatic N) is 2. The van der Waals surface area contributed by atoms with Crippen LogP contribution in [0.25, 0.3) is 5.57 Å². The molecule has 0 saturated heterocycles. The normalized spacial score (nSPS) is 15.2. The van der Waals surface area contributed by atoms with Crippen molar-refractivity contribution in [1.29, 1.82) is 0 Å². The minimum absolute atomic E-state index is 0.0188. The lowest BCUT2D eigenvalue weighted by Gasteiger charge is -2.40. The minimum Gasteiger partial charge on any atom is -0.484 e. The number of hydrogen-bond donors (Lipinski definition) is 1. The third-order valence-corrected chi connectivity index (χ3v) is 5.30. The molecule has 0 bridgehead atoms. The second-order valence-electron chi connectivity index (χ2n) is 7.36. The quantitative estimate of drug-likeness (QED) is 0.544. The number of anilines is 1. The fraction of sp³-hybridized carbons (Fsp3) is 0.273. The smallest absolute Gasteiger partial charge is 0.277 e. The SMILES string of the molecule is CC1=CC(C)(C)N(C)c2ccc(/C=N/NC(=O)COc3cccc(Br)c3)cc21. The van der Waals surface area contributed by atoms with E-state index in [1.165, 1.54) is 16.8 Å². The summed E-state index contributed by atoms with van der Waals surface area (Å²) in [4.78, 5) is 14.2. The van der Waals surface area contributed by atoms with Gasteiger partial charge in [-0.25, -0.2) is 5.43 Å². The van der Waals surface area contributed by atoms with Gasteiger partial charge in [-0.05, 0) is 62.2 Å². The molecule has 0 aliphatic carbocycles. The number of carbonyl (C=O) groups is 1. The molecule has 0 atom stereocenters. The molecule has 0 saturated carbocycles. The second-order valence-corrected chi connectivity index (χ2v) is 8.27. The molecule has 0 unspecified atom stereocenters. The van der Waals surface area contributed by atoms with E-state index >= 15 is 0 Å². The van der Waals surface area contributed by atoms with E-state index in [-0.39, 0.29) is 18.1 Å². The number of halogens is 1. The Morgan fingerprint density at radius 1 is 1.29 bits per heavy atom. The van der Waals surface area contributed by atoms with E-state index < -0.39 is 0 Å². The predicted octanol–water partition coefficient (Wildman–Crippen LogP) is 4.61. The van der Waals surface area contributed by atoms with Crippen molar-refractivity contribution in [3.63, 3.8) is 0 Å². The number of hydrazone groups is 1. The van der Waals surface area contributed by atoms with Crippen molar-refractivity contribution in [2.75, 3.05) is 18.6 Å². The number of likely N-dealkylation sites (N-methyl/N-ethyl adjacent to an activating group) is 1. The standard InChI is InChI=1S/C22H24BrN3O2/c1-15-12-22(2,3)26(4)20-9-8-16(10-19(15)20)13-24-25-21(27)14-28-18-7-5-6-17(23)11-18/h5-13H,14H2,1-4H3,(H,25,27)/b24-13+. The van der Waals surface area contributed by atoms with Gasteiger partial charge in [-0.2, -0.15) is 5.10 Å². The Balaban J connectivity index is 1.61. The van der Waals surface area contributed by atoms with E-state index in [2.05, 4.69) is 77.4 Å². The van der Waals surface area contributed by atoms with Gasteiger partial charge < -0.3 is 9.64 Å². The highest BCUT2D eigenvalue weighted by Gasteiger charge is 2.28. The molecule has 1 N–H and O–H groups in total. The molecule has 1 aliphatic heterocycles. The number of ether oxygens (including phenoxy) is 1. The highest BCUT2D eigenvalue weighted by molar-refractivity contribution is 9.10. The molecule has 2 aromatic carbocycles. The Morgan fingerprint density at radius 3 is 2.82 bits per heavy atom. The average molecular weight is 442 g/mol. The van der Waals surface area contributed by atoms with Crippen LogP contribution in [0.15, 0.2) is 58.1 Å². The van der Waals surface area contributed by atoms with Crippen LogP contribution in [0.5, 0.6) is 5.75 Å². The largest absolute Gasteiger partial charge is 0.484 e. The van der Waals surface area contributed by atoms with Crippen LogP contribution in [-0.4, -0.2) is 31.3 Å². The average Bonchev–Trinajstić information content (AvgIpc) is 2.64. The highest BCUT2D eigenvalue weighted by atomic mass is 79.9. The molecule has 0 radical (unpaired) electrons. The van der Waals surface area contributed by atoms with Gasteiger partial charge in [0.05, 0.1) is 11.8 Å². The van der Waals surface area contributed by atoms with Gasteiger partial charge in [0.15, 0.2) is 6.61 Å². The fourth-order valence-corrected chi connectivity index (χ4v) is 3.55. The zero-order valence-corrected chi connectivity index (χ0v) is 18.1. The summed E-state index contributed by atoms with van der Waals surface area (Å²) in [5, 5.41) is 4.05. The van der Waals surface area contributed by atoms with Gasteiger partial charge in [0, 0.05) is 22.8 Å². The van der Waals surface area contributed by atoms with Crippen LogP contribution < -0.4 is 15.1 Å². The molecule has 146 valence electrons. The van der Waals surface area contributed by atoms with Crippen LogP contribution in [0.4, 0.5) is 5.69 Å². The molecular formula is C22H24BrN3O2. The Hall–Kier alpha value is -2.60. The van der Waals surface area contributed by atoms with Gasteiger partial charge in [0.1, 0.15) is 5.75 Å². The summed E-state index contributed by atoms with van der Waals surface area (Å²) in [6.07, 6.45) is 3.90. The summed E-state index contributed by atoms with van der Waals surface area (Å²) in [6.45, 7) is 6.41. The number of rotatable bonds is 5. The lowest BCUT2D eigenvalue weighted by Crippen LogP contribution is -2.42. The molecule has 0 spiro atoms. The maximum absolute atomic E-state index is 11.9. The zero-order valence-electron chi connectivity index (χ0n) is 16.5. The van der Waals surface area contributed by atoms with Crippen LogP contribution in [0.2, 0.25) is 0 Å². The molecule has 1 heterocycles. The molecule has 6 heteroatoms. The van der Waals surface area contributed by atoms with Crippen molar-refractivity contribution in [2.45, 2.75) is 26.3 Å². The highest BCUT2D eigenvalue weighted by Crippen LogP contribution is 2.37. The predicted molar refractivity (Wildman–Crippen MR) is 118 cm³/mol. The number of benzene rings is 2. The third-order valence-electron chi connectivity index (χ3n) is 4.81. The Morgan fingerprint density at radius 2 is 2.07 bits per heavy atom. The maximum atomic E-state index is 11.9. The van der Waals surface area contributed by atoms with E-state index in [1.807, 2.05) is 18.2 Å². The summed E-state index contributed by atoms with van der Waals surface area (Å²) in [6, 6.07) is 13.5. The van der Waals surface area contributed by atoms with Crippen molar-refractivity contribution in [3.05, 3.63) is 64.1 Å². The van der Waals surface area contributed by atoms with Crippen LogP contribution in [0.3, 0.4) is 0 Å². The molecule has 2 aromatic rings. The van der Waals surface area contributed by atoms with Crippen molar-refractivity contribution < 1.29 is 9.53 Å². The second kappa shape index (κ2) is 8.19. The number of fused-ring (bicyclic) bond motifs is 1.